The molecule has 0 radical (unpaired) electrons. The van der Waals surface area contributed by atoms with Gasteiger partial charge < -0.3 is 4.74 Å². The molecular weight excluding hydrogens is 349 g/mol. The third kappa shape index (κ3) is 5.52. The van der Waals surface area contributed by atoms with Gasteiger partial charge in [-0.05, 0) is 67.1 Å². The summed E-state index contributed by atoms with van der Waals surface area (Å²) < 4.78 is 43.0. The van der Waals surface area contributed by atoms with Crippen molar-refractivity contribution in [3.8, 4) is 0 Å². The molecule has 27 heavy (non-hydrogen) atoms. The zero-order valence-corrected chi connectivity index (χ0v) is 16.2. The third-order valence-corrected chi connectivity index (χ3v) is 6.23. The van der Waals surface area contributed by atoms with Crippen LogP contribution in [-0.4, -0.2) is 12.3 Å². The molecule has 0 bridgehead atoms. The summed E-state index contributed by atoms with van der Waals surface area (Å²) in [7, 11) is 0. The molecule has 1 saturated carbocycles. The Morgan fingerprint density at radius 3 is 2.22 bits per heavy atom. The summed E-state index contributed by atoms with van der Waals surface area (Å²) in [5.41, 5.74) is 3.21. The summed E-state index contributed by atoms with van der Waals surface area (Å²) in [6.45, 7) is 2.25. The number of hydrogen-bond donors (Lipinski definition) is 0. The van der Waals surface area contributed by atoms with E-state index in [1.54, 1.807) is 0 Å². The Morgan fingerprint density at radius 2 is 1.67 bits per heavy atom. The monoisotopic (exact) mass is 380 g/mol. The zero-order valence-electron chi connectivity index (χ0n) is 16.2. The Kier molecular flexibility index (Phi) is 6.88. The quantitative estimate of drug-likeness (QED) is 0.461. The lowest BCUT2D eigenvalue weighted by Crippen LogP contribution is -2.31. The lowest BCUT2D eigenvalue weighted by atomic mass is 9.77. The number of ether oxygens (including phenoxy) is 1. The van der Waals surface area contributed by atoms with Gasteiger partial charge in [-0.1, -0.05) is 56.9 Å². The Hall–Kier alpha value is -1.45. The second kappa shape index (κ2) is 9.16. The molecule has 1 aromatic carbocycles. The van der Waals surface area contributed by atoms with Crippen molar-refractivity contribution in [2.75, 3.05) is 0 Å². The molecule has 0 spiro atoms. The van der Waals surface area contributed by atoms with Crippen LogP contribution < -0.4 is 0 Å². The van der Waals surface area contributed by atoms with E-state index in [9.17, 15) is 13.2 Å². The highest BCUT2D eigenvalue weighted by molar-refractivity contribution is 5.65. The first-order chi connectivity index (χ1) is 13.0. The number of allylic oxidation sites excluding steroid dienone is 1. The van der Waals surface area contributed by atoms with Crippen LogP contribution in [0.5, 0.6) is 0 Å². The number of rotatable bonds is 6. The molecule has 1 heterocycles. The van der Waals surface area contributed by atoms with Crippen molar-refractivity contribution in [1.29, 1.82) is 0 Å². The van der Waals surface area contributed by atoms with E-state index >= 15 is 0 Å². The van der Waals surface area contributed by atoms with Gasteiger partial charge in [-0.25, -0.2) is 0 Å². The van der Waals surface area contributed by atoms with Crippen LogP contribution in [0.2, 0.25) is 0 Å². The van der Waals surface area contributed by atoms with E-state index in [1.807, 2.05) is 12.1 Å². The van der Waals surface area contributed by atoms with Crippen molar-refractivity contribution in [3.05, 3.63) is 41.7 Å². The second-order valence-corrected chi connectivity index (χ2v) is 8.18. The van der Waals surface area contributed by atoms with Gasteiger partial charge in [-0.2, -0.15) is 13.2 Å². The first-order valence-electron chi connectivity index (χ1n) is 10.5. The van der Waals surface area contributed by atoms with E-state index < -0.39 is 12.3 Å². The minimum atomic E-state index is -4.28. The van der Waals surface area contributed by atoms with Crippen LogP contribution in [0.25, 0.3) is 5.57 Å². The van der Waals surface area contributed by atoms with Gasteiger partial charge in [0.15, 0.2) is 6.10 Å². The molecule has 3 rings (SSSR count). The topological polar surface area (TPSA) is 9.23 Å². The second-order valence-electron chi connectivity index (χ2n) is 8.18. The van der Waals surface area contributed by atoms with Crippen molar-refractivity contribution < 1.29 is 17.9 Å². The molecule has 1 atom stereocenters. The van der Waals surface area contributed by atoms with E-state index in [0.29, 0.717) is 12.3 Å². The Morgan fingerprint density at radius 1 is 0.963 bits per heavy atom. The summed E-state index contributed by atoms with van der Waals surface area (Å²) in [5, 5.41) is 0. The maximum Gasteiger partial charge on any atom is 0.425 e. The average Bonchev–Trinajstić information content (AvgIpc) is 2.68. The van der Waals surface area contributed by atoms with Gasteiger partial charge in [0.05, 0.1) is 6.26 Å². The predicted octanol–water partition coefficient (Wildman–Crippen LogP) is 7.62. The first-order valence-corrected chi connectivity index (χ1v) is 10.5. The first kappa shape index (κ1) is 20.3. The Bertz CT molecular complexity index is 610. The molecule has 1 fully saturated rings. The van der Waals surface area contributed by atoms with Crippen molar-refractivity contribution in [1.82, 2.24) is 0 Å². The van der Waals surface area contributed by atoms with Gasteiger partial charge in [0.1, 0.15) is 0 Å². The normalized spacial score (nSPS) is 26.4. The smallest absolute Gasteiger partial charge is 0.425 e. The van der Waals surface area contributed by atoms with Crippen molar-refractivity contribution in [3.63, 3.8) is 0 Å². The highest BCUT2D eigenvalue weighted by atomic mass is 19.4. The number of hydrogen-bond acceptors (Lipinski definition) is 1. The minimum absolute atomic E-state index is 0.000864. The van der Waals surface area contributed by atoms with Crippen LogP contribution in [0.15, 0.2) is 30.5 Å². The van der Waals surface area contributed by atoms with Crippen LogP contribution in [0.4, 0.5) is 13.2 Å². The maximum atomic E-state index is 12.7. The van der Waals surface area contributed by atoms with E-state index in [1.165, 1.54) is 63.2 Å². The molecular formula is C23H31F3O. The van der Waals surface area contributed by atoms with Crippen molar-refractivity contribution in [2.45, 2.75) is 89.3 Å². The van der Waals surface area contributed by atoms with Crippen molar-refractivity contribution in [2.24, 2.45) is 5.92 Å². The van der Waals surface area contributed by atoms with E-state index in [4.69, 9.17) is 4.74 Å². The molecule has 0 aromatic heterocycles. The van der Waals surface area contributed by atoms with Gasteiger partial charge in [-0.3, -0.25) is 0 Å². The molecule has 1 nitrogen and oxygen atoms in total. The molecule has 1 aromatic rings. The fourth-order valence-corrected chi connectivity index (χ4v) is 4.47. The molecule has 1 aliphatic heterocycles. The van der Waals surface area contributed by atoms with E-state index in [2.05, 4.69) is 19.1 Å². The average molecular weight is 380 g/mol. The molecule has 4 heteroatoms. The van der Waals surface area contributed by atoms with Crippen LogP contribution in [0.1, 0.15) is 88.2 Å². The lowest BCUT2D eigenvalue weighted by molar-refractivity contribution is -0.208. The maximum absolute atomic E-state index is 12.7. The molecule has 0 N–H and O–H groups in total. The Labute approximate surface area is 161 Å². The van der Waals surface area contributed by atoms with Crippen LogP contribution in [-0.2, 0) is 4.74 Å². The molecule has 1 aliphatic carbocycles. The standard InChI is InChI=1S/C23H31F3O/c1-2-3-4-5-17-6-8-18(9-7-17)19-10-12-20(13-11-19)21-14-15-22(27-16-21)23(24,25)26/h10-13,16-18,22H,2-9,14-15H2,1H3. The number of unbranched alkanes of at least 4 members (excludes halogenated alkanes) is 2. The lowest BCUT2D eigenvalue weighted by Gasteiger charge is -2.29. The third-order valence-electron chi connectivity index (χ3n) is 6.23. The highest BCUT2D eigenvalue weighted by Gasteiger charge is 2.42. The number of benzene rings is 1. The van der Waals surface area contributed by atoms with E-state index in [-0.39, 0.29) is 6.42 Å². The Balaban J connectivity index is 1.52. The fourth-order valence-electron chi connectivity index (χ4n) is 4.47. The summed E-state index contributed by atoms with van der Waals surface area (Å²) in [5.74, 6) is 1.53. The van der Waals surface area contributed by atoms with Crippen LogP contribution >= 0.6 is 0 Å². The van der Waals surface area contributed by atoms with Gasteiger partial charge in [-0.15, -0.1) is 0 Å². The van der Waals surface area contributed by atoms with Crippen molar-refractivity contribution >= 4 is 5.57 Å². The van der Waals surface area contributed by atoms with Crippen LogP contribution in [0, 0.1) is 5.92 Å². The SMILES string of the molecule is CCCCCC1CCC(c2ccc(C3=COC(C(F)(F)F)CC3)cc2)CC1. The molecule has 2 aliphatic rings. The van der Waals surface area contributed by atoms with Gasteiger partial charge >= 0.3 is 6.18 Å². The summed E-state index contributed by atoms with van der Waals surface area (Å²) in [6.07, 6.45) is 6.34. The highest BCUT2D eigenvalue weighted by Crippen LogP contribution is 2.39. The summed E-state index contributed by atoms with van der Waals surface area (Å²) >= 11 is 0. The molecule has 1 unspecified atom stereocenters. The van der Waals surface area contributed by atoms with Crippen LogP contribution in [0.3, 0.4) is 0 Å². The largest absolute Gasteiger partial charge is 0.488 e. The zero-order chi connectivity index (χ0) is 19.3. The van der Waals surface area contributed by atoms with Gasteiger partial charge in [0.25, 0.3) is 0 Å². The molecule has 0 saturated heterocycles. The number of alkyl halides is 3. The summed E-state index contributed by atoms with van der Waals surface area (Å²) in [4.78, 5) is 0. The summed E-state index contributed by atoms with van der Waals surface area (Å²) in [6, 6.07) is 8.42. The van der Waals surface area contributed by atoms with Gasteiger partial charge in [0.2, 0.25) is 0 Å². The number of halogens is 3. The van der Waals surface area contributed by atoms with Gasteiger partial charge in [0, 0.05) is 0 Å². The minimum Gasteiger partial charge on any atom is -0.488 e. The fraction of sp³-hybridized carbons (Fsp3) is 0.652. The molecule has 150 valence electrons. The van der Waals surface area contributed by atoms with E-state index in [0.717, 1.165) is 17.1 Å². The molecule has 0 amide bonds. The predicted molar refractivity (Wildman–Crippen MR) is 103 cm³/mol.